The van der Waals surface area contributed by atoms with E-state index in [9.17, 15) is 9.59 Å². The van der Waals surface area contributed by atoms with Gasteiger partial charge in [0.2, 0.25) is 11.8 Å². The van der Waals surface area contributed by atoms with E-state index >= 15 is 0 Å². The molecule has 0 radical (unpaired) electrons. The van der Waals surface area contributed by atoms with Crippen LogP contribution in [0.5, 0.6) is 0 Å². The molecule has 0 heterocycles. The van der Waals surface area contributed by atoms with Crippen molar-refractivity contribution in [2.45, 2.75) is 32.6 Å². The summed E-state index contributed by atoms with van der Waals surface area (Å²) in [5.74, 6) is 0.0904. The number of amides is 2. The third kappa shape index (κ3) is 6.59. The van der Waals surface area contributed by atoms with Crippen molar-refractivity contribution in [1.29, 1.82) is 0 Å². The molecule has 0 aliphatic rings. The second kappa shape index (κ2) is 9.23. The first-order valence-corrected chi connectivity index (χ1v) is 8.73. The average molecular weight is 359 g/mol. The number of anilines is 1. The van der Waals surface area contributed by atoms with Gasteiger partial charge in [0.15, 0.2) is 0 Å². The maximum atomic E-state index is 11.9. The van der Waals surface area contributed by atoms with Crippen molar-refractivity contribution in [2.75, 3.05) is 11.9 Å². The lowest BCUT2D eigenvalue weighted by molar-refractivity contribution is -0.124. The summed E-state index contributed by atoms with van der Waals surface area (Å²) in [6, 6.07) is 15.1. The highest BCUT2D eigenvalue weighted by Crippen LogP contribution is 2.15. The number of halogens is 1. The molecule has 2 N–H and O–H groups in total. The van der Waals surface area contributed by atoms with Gasteiger partial charge in [-0.2, -0.15) is 0 Å². The van der Waals surface area contributed by atoms with E-state index in [0.717, 1.165) is 5.56 Å². The van der Waals surface area contributed by atoms with Crippen LogP contribution in [0.25, 0.3) is 0 Å². The monoisotopic (exact) mass is 358 g/mol. The Hall–Kier alpha value is -2.33. The minimum absolute atomic E-state index is 0.0479. The number of nitrogens with one attached hydrogen (secondary N) is 2. The first-order chi connectivity index (χ1) is 11.9. The van der Waals surface area contributed by atoms with Crippen LogP contribution in [0.15, 0.2) is 48.5 Å². The lowest BCUT2D eigenvalue weighted by Gasteiger charge is -2.08. The maximum absolute atomic E-state index is 11.9. The maximum Gasteiger partial charge on any atom is 0.243 e. The number of carbonyl (C=O) groups is 2. The van der Waals surface area contributed by atoms with E-state index in [4.69, 9.17) is 11.6 Å². The summed E-state index contributed by atoms with van der Waals surface area (Å²) in [4.78, 5) is 23.7. The van der Waals surface area contributed by atoms with E-state index in [2.05, 4.69) is 48.7 Å². The summed E-state index contributed by atoms with van der Waals surface area (Å²) in [7, 11) is 0. The van der Waals surface area contributed by atoms with Crippen molar-refractivity contribution in [3.63, 3.8) is 0 Å². The lowest BCUT2D eigenvalue weighted by Crippen LogP contribution is -2.32. The smallest absolute Gasteiger partial charge is 0.243 e. The fourth-order valence-electron chi connectivity index (χ4n) is 2.33. The Morgan fingerprint density at radius 3 is 2.20 bits per heavy atom. The van der Waals surface area contributed by atoms with Crippen LogP contribution in [0.2, 0.25) is 5.02 Å². The zero-order chi connectivity index (χ0) is 18.2. The quantitative estimate of drug-likeness (QED) is 0.781. The highest BCUT2D eigenvalue weighted by molar-refractivity contribution is 6.30. The van der Waals surface area contributed by atoms with Crippen LogP contribution in [-0.2, 0) is 16.0 Å². The fourth-order valence-corrected chi connectivity index (χ4v) is 2.46. The molecule has 0 aromatic heterocycles. The second-order valence-electron chi connectivity index (χ2n) is 6.23. The van der Waals surface area contributed by atoms with Gasteiger partial charge >= 0.3 is 0 Å². The van der Waals surface area contributed by atoms with E-state index in [1.807, 2.05) is 0 Å². The van der Waals surface area contributed by atoms with Crippen molar-refractivity contribution < 1.29 is 9.59 Å². The van der Waals surface area contributed by atoms with E-state index in [-0.39, 0.29) is 18.4 Å². The summed E-state index contributed by atoms with van der Waals surface area (Å²) < 4.78 is 0. The average Bonchev–Trinajstić information content (AvgIpc) is 2.60. The fraction of sp³-hybridized carbons (Fsp3) is 0.300. The van der Waals surface area contributed by atoms with Crippen molar-refractivity contribution in [2.24, 2.45) is 0 Å². The topological polar surface area (TPSA) is 58.2 Å². The predicted octanol–water partition coefficient (Wildman–Crippen LogP) is 4.15. The SMILES string of the molecule is CC(C)c1ccc(CCC(=O)NCC(=O)Nc2ccc(Cl)cc2)cc1. The van der Waals surface area contributed by atoms with Crippen LogP contribution in [-0.4, -0.2) is 18.4 Å². The van der Waals surface area contributed by atoms with Crippen molar-refractivity contribution in [1.82, 2.24) is 5.32 Å². The molecule has 0 saturated heterocycles. The van der Waals surface area contributed by atoms with Gasteiger partial charge in [-0.25, -0.2) is 0 Å². The third-order valence-corrected chi connectivity index (χ3v) is 4.11. The summed E-state index contributed by atoms with van der Waals surface area (Å²) in [5, 5.41) is 5.94. The minimum atomic E-state index is -0.267. The Kier molecular flexibility index (Phi) is 7.02. The van der Waals surface area contributed by atoms with Gasteiger partial charge in [0.25, 0.3) is 0 Å². The predicted molar refractivity (Wildman–Crippen MR) is 102 cm³/mol. The lowest BCUT2D eigenvalue weighted by atomic mass is 10.0. The summed E-state index contributed by atoms with van der Waals surface area (Å²) in [6.07, 6.45) is 1.01. The first kappa shape index (κ1) is 19.0. The van der Waals surface area contributed by atoms with E-state index in [1.54, 1.807) is 24.3 Å². The number of carbonyl (C=O) groups excluding carboxylic acids is 2. The van der Waals surface area contributed by atoms with Crippen LogP contribution in [0, 0.1) is 0 Å². The van der Waals surface area contributed by atoms with Gasteiger partial charge < -0.3 is 10.6 Å². The Morgan fingerprint density at radius 1 is 0.960 bits per heavy atom. The first-order valence-electron chi connectivity index (χ1n) is 8.35. The number of benzene rings is 2. The highest BCUT2D eigenvalue weighted by atomic mass is 35.5. The molecule has 5 heteroatoms. The van der Waals surface area contributed by atoms with E-state index in [0.29, 0.717) is 29.5 Å². The zero-order valence-electron chi connectivity index (χ0n) is 14.5. The number of aryl methyl sites for hydroxylation is 1. The summed E-state index contributed by atoms with van der Waals surface area (Å²) in [6.45, 7) is 4.25. The van der Waals surface area contributed by atoms with Gasteiger partial charge in [0, 0.05) is 17.1 Å². The van der Waals surface area contributed by atoms with Gasteiger partial charge in [0.1, 0.15) is 0 Å². The molecule has 0 aliphatic heterocycles. The second-order valence-corrected chi connectivity index (χ2v) is 6.66. The van der Waals surface area contributed by atoms with Crippen LogP contribution in [0.1, 0.15) is 37.3 Å². The molecule has 0 aliphatic carbocycles. The molecule has 2 aromatic rings. The normalized spacial score (nSPS) is 10.6. The molecule has 2 rings (SSSR count). The van der Waals surface area contributed by atoms with Crippen molar-refractivity contribution >= 4 is 29.1 Å². The molecule has 4 nitrogen and oxygen atoms in total. The molecule has 132 valence electrons. The molecule has 0 unspecified atom stereocenters. The standard InChI is InChI=1S/C20H23ClN2O2/c1-14(2)16-6-3-15(4-7-16)5-12-19(24)22-13-20(25)23-18-10-8-17(21)9-11-18/h3-4,6-11,14H,5,12-13H2,1-2H3,(H,22,24)(H,23,25). The van der Waals surface area contributed by atoms with Gasteiger partial charge in [-0.1, -0.05) is 49.7 Å². The van der Waals surface area contributed by atoms with Crippen LogP contribution < -0.4 is 10.6 Å². The molecule has 0 bridgehead atoms. The minimum Gasteiger partial charge on any atom is -0.347 e. The Morgan fingerprint density at radius 2 is 1.60 bits per heavy atom. The zero-order valence-corrected chi connectivity index (χ0v) is 15.3. The molecule has 2 aromatic carbocycles. The molecule has 0 spiro atoms. The van der Waals surface area contributed by atoms with E-state index < -0.39 is 0 Å². The van der Waals surface area contributed by atoms with Crippen molar-refractivity contribution in [3.05, 3.63) is 64.7 Å². The van der Waals surface area contributed by atoms with Crippen LogP contribution in [0.3, 0.4) is 0 Å². The Labute approximate surface area is 153 Å². The number of hydrogen-bond donors (Lipinski definition) is 2. The molecule has 2 amide bonds. The summed E-state index contributed by atoms with van der Waals surface area (Å²) in [5.41, 5.74) is 3.05. The molecular formula is C20H23ClN2O2. The highest BCUT2D eigenvalue weighted by Gasteiger charge is 2.07. The van der Waals surface area contributed by atoms with Gasteiger partial charge in [0.05, 0.1) is 6.54 Å². The van der Waals surface area contributed by atoms with Crippen LogP contribution in [0.4, 0.5) is 5.69 Å². The van der Waals surface area contributed by atoms with Gasteiger partial charge in [-0.05, 0) is 47.7 Å². The molecular weight excluding hydrogens is 336 g/mol. The van der Waals surface area contributed by atoms with Crippen LogP contribution >= 0.6 is 11.6 Å². The third-order valence-electron chi connectivity index (χ3n) is 3.86. The Balaban J connectivity index is 1.71. The summed E-state index contributed by atoms with van der Waals surface area (Å²) >= 11 is 5.79. The largest absolute Gasteiger partial charge is 0.347 e. The number of hydrogen-bond acceptors (Lipinski definition) is 2. The van der Waals surface area contributed by atoms with E-state index in [1.165, 1.54) is 5.56 Å². The molecule has 0 atom stereocenters. The van der Waals surface area contributed by atoms with Crippen molar-refractivity contribution in [3.8, 4) is 0 Å². The molecule has 0 fully saturated rings. The Bertz CT molecular complexity index is 709. The van der Waals surface area contributed by atoms with Gasteiger partial charge in [-0.15, -0.1) is 0 Å². The molecule has 25 heavy (non-hydrogen) atoms. The number of rotatable bonds is 7. The van der Waals surface area contributed by atoms with Gasteiger partial charge in [-0.3, -0.25) is 9.59 Å². The molecule has 0 saturated carbocycles.